The zero-order valence-corrected chi connectivity index (χ0v) is 11.5. The van der Waals surface area contributed by atoms with Crippen molar-refractivity contribution in [2.45, 2.75) is 18.9 Å². The third kappa shape index (κ3) is 3.01. The molecule has 2 rings (SSSR count). The van der Waals surface area contributed by atoms with Crippen LogP contribution < -0.4 is 10.8 Å². The molecule has 6 heteroatoms. The van der Waals surface area contributed by atoms with Crippen molar-refractivity contribution in [1.82, 2.24) is 4.90 Å². The Morgan fingerprint density at radius 2 is 2.15 bits per heavy atom. The second-order valence-corrected chi connectivity index (χ2v) is 4.79. The maximum absolute atomic E-state index is 12.6. The van der Waals surface area contributed by atoms with E-state index in [2.05, 4.69) is 5.32 Å². The van der Waals surface area contributed by atoms with Crippen LogP contribution in [0.3, 0.4) is 0 Å². The summed E-state index contributed by atoms with van der Waals surface area (Å²) in [7, 11) is 7.58. The van der Waals surface area contributed by atoms with Crippen molar-refractivity contribution in [1.29, 1.82) is 0 Å². The molecule has 0 bridgehead atoms. The molecule has 0 unspecified atom stereocenters. The molecule has 20 heavy (non-hydrogen) atoms. The monoisotopic (exact) mass is 272 g/mol. The molecule has 5 nitrogen and oxygen atoms in total. The summed E-state index contributed by atoms with van der Waals surface area (Å²) in [5.74, 6) is -0.145. The van der Waals surface area contributed by atoms with Crippen molar-refractivity contribution in [3.63, 3.8) is 0 Å². The number of nitrogens with zero attached hydrogens (tertiary/aromatic N) is 1. The third-order valence-corrected chi connectivity index (χ3v) is 3.59. The first kappa shape index (κ1) is 14.6. The van der Waals surface area contributed by atoms with Crippen molar-refractivity contribution in [3.8, 4) is 0 Å². The molecule has 1 heterocycles. The number of benzene rings is 1. The molecule has 2 amide bonds. The van der Waals surface area contributed by atoms with E-state index in [-0.39, 0.29) is 11.9 Å². The third-order valence-electron chi connectivity index (χ3n) is 3.59. The summed E-state index contributed by atoms with van der Waals surface area (Å²) in [6.07, 6.45) is 2.17. The highest BCUT2D eigenvalue weighted by Crippen LogP contribution is 2.19. The molecule has 0 aliphatic carbocycles. The van der Waals surface area contributed by atoms with Gasteiger partial charge in [-0.1, -0.05) is 17.6 Å². The number of anilines is 1. The van der Waals surface area contributed by atoms with Crippen LogP contribution in [0.4, 0.5) is 5.69 Å². The van der Waals surface area contributed by atoms with Gasteiger partial charge in [-0.3, -0.25) is 9.59 Å². The van der Waals surface area contributed by atoms with E-state index < -0.39 is 0 Å². The molecule has 0 atom stereocenters. The zero-order valence-electron chi connectivity index (χ0n) is 11.5. The smallest absolute Gasteiger partial charge is 0.255 e. The van der Waals surface area contributed by atoms with Crippen molar-refractivity contribution < 1.29 is 14.3 Å². The van der Waals surface area contributed by atoms with E-state index in [9.17, 15) is 9.59 Å². The van der Waals surface area contributed by atoms with Crippen LogP contribution >= 0.6 is 0 Å². The van der Waals surface area contributed by atoms with Crippen molar-refractivity contribution in [3.05, 3.63) is 23.8 Å². The highest BCUT2D eigenvalue weighted by atomic mass is 16.5. The molecule has 1 N–H and O–H groups in total. The van der Waals surface area contributed by atoms with Gasteiger partial charge >= 0.3 is 0 Å². The minimum atomic E-state index is -0.145. The normalized spacial score (nSPS) is 15.7. The van der Waals surface area contributed by atoms with E-state index in [0.717, 1.165) is 12.8 Å². The molecule has 104 valence electrons. The van der Waals surface area contributed by atoms with Gasteiger partial charge in [-0.25, -0.2) is 0 Å². The van der Waals surface area contributed by atoms with E-state index >= 15 is 0 Å². The van der Waals surface area contributed by atoms with Crippen LogP contribution in [0, 0.1) is 0 Å². The number of hydrogen-bond acceptors (Lipinski definition) is 3. The first-order valence-electron chi connectivity index (χ1n) is 6.58. The molecule has 1 fully saturated rings. The van der Waals surface area contributed by atoms with E-state index in [1.807, 2.05) is 0 Å². The van der Waals surface area contributed by atoms with E-state index in [0.29, 0.717) is 36.3 Å². The minimum Gasteiger partial charge on any atom is -0.381 e. The number of para-hydroxylation sites is 1. The summed E-state index contributed by atoms with van der Waals surface area (Å²) in [5.41, 5.74) is 1.15. The standard InChI is InChI=1S/C14H17BN2O3/c1-17(10-5-7-20-8-6-10)14(19)11-3-2-4-12(15)13(11)16-9-18/h2-4,9-10H,5-8H2,1H3,(H,16,18). The van der Waals surface area contributed by atoms with Crippen LogP contribution in [0.25, 0.3) is 0 Å². The maximum Gasteiger partial charge on any atom is 0.255 e. The predicted octanol–water partition coefficient (Wildman–Crippen LogP) is 0.300. The van der Waals surface area contributed by atoms with Gasteiger partial charge in [0, 0.05) is 32.0 Å². The van der Waals surface area contributed by atoms with Gasteiger partial charge in [-0.15, -0.1) is 0 Å². The van der Waals surface area contributed by atoms with E-state index in [1.165, 1.54) is 0 Å². The lowest BCUT2D eigenvalue weighted by atomic mass is 9.91. The fourth-order valence-corrected chi connectivity index (χ4v) is 2.40. The average Bonchev–Trinajstić information content (AvgIpc) is 2.49. The van der Waals surface area contributed by atoms with Gasteiger partial charge in [0.15, 0.2) is 0 Å². The molecule has 1 saturated heterocycles. The van der Waals surface area contributed by atoms with Crippen LogP contribution in [0.15, 0.2) is 18.2 Å². The Labute approximate surface area is 119 Å². The molecular weight excluding hydrogens is 255 g/mol. The molecule has 1 aromatic rings. The molecule has 0 saturated carbocycles. The number of amides is 2. The molecule has 1 aliphatic heterocycles. The maximum atomic E-state index is 12.6. The van der Waals surface area contributed by atoms with Crippen molar-refractivity contribution >= 4 is 31.3 Å². The average molecular weight is 272 g/mol. The summed E-state index contributed by atoms with van der Waals surface area (Å²) < 4.78 is 5.30. The van der Waals surface area contributed by atoms with Gasteiger partial charge in [0.05, 0.1) is 5.56 Å². The number of carbonyl (C=O) groups is 2. The lowest BCUT2D eigenvalue weighted by Gasteiger charge is -2.31. The summed E-state index contributed by atoms with van der Waals surface area (Å²) in [6.45, 7) is 1.33. The quantitative estimate of drug-likeness (QED) is 0.633. The number of nitrogens with one attached hydrogen (secondary N) is 1. The SMILES string of the molecule is [B]c1cccc(C(=O)N(C)C2CCOCC2)c1NC=O. The van der Waals surface area contributed by atoms with E-state index in [1.54, 1.807) is 30.1 Å². The molecule has 2 radical (unpaired) electrons. The molecular formula is C14H17BN2O3. The number of rotatable bonds is 4. The summed E-state index contributed by atoms with van der Waals surface area (Å²) in [4.78, 5) is 24.9. The molecule has 0 spiro atoms. The highest BCUT2D eigenvalue weighted by Gasteiger charge is 2.25. The Morgan fingerprint density at radius 3 is 2.80 bits per heavy atom. The van der Waals surface area contributed by atoms with Gasteiger partial charge in [0.1, 0.15) is 7.85 Å². The van der Waals surface area contributed by atoms with Gasteiger partial charge in [-0.2, -0.15) is 0 Å². The number of hydrogen-bond donors (Lipinski definition) is 1. The van der Waals surface area contributed by atoms with Crippen LogP contribution in [0.2, 0.25) is 0 Å². The summed E-state index contributed by atoms with van der Waals surface area (Å²) in [6, 6.07) is 5.18. The predicted molar refractivity (Wildman–Crippen MR) is 77.5 cm³/mol. The molecule has 1 aliphatic rings. The topological polar surface area (TPSA) is 58.6 Å². The fourth-order valence-electron chi connectivity index (χ4n) is 2.40. The minimum absolute atomic E-state index is 0.145. The van der Waals surface area contributed by atoms with E-state index in [4.69, 9.17) is 12.6 Å². The summed E-state index contributed by atoms with van der Waals surface area (Å²) in [5, 5.41) is 2.51. The molecule has 0 aromatic heterocycles. The van der Waals surface area contributed by atoms with Crippen LogP contribution in [0.5, 0.6) is 0 Å². The first-order chi connectivity index (χ1) is 9.65. The van der Waals surface area contributed by atoms with Crippen molar-refractivity contribution in [2.24, 2.45) is 0 Å². The second kappa shape index (κ2) is 6.57. The van der Waals surface area contributed by atoms with Crippen LogP contribution in [0.1, 0.15) is 23.2 Å². The zero-order chi connectivity index (χ0) is 14.5. The number of carbonyl (C=O) groups excluding carboxylic acids is 2. The second-order valence-electron chi connectivity index (χ2n) is 4.79. The van der Waals surface area contributed by atoms with Gasteiger partial charge in [0.2, 0.25) is 6.41 Å². The number of ether oxygens (including phenoxy) is 1. The van der Waals surface area contributed by atoms with Gasteiger partial charge < -0.3 is 15.0 Å². The van der Waals surface area contributed by atoms with Crippen LogP contribution in [-0.2, 0) is 9.53 Å². The highest BCUT2D eigenvalue weighted by molar-refractivity contribution is 6.37. The van der Waals surface area contributed by atoms with Gasteiger partial charge in [-0.05, 0) is 18.9 Å². The first-order valence-corrected chi connectivity index (χ1v) is 6.58. The Balaban J connectivity index is 2.23. The van der Waals surface area contributed by atoms with Gasteiger partial charge in [0.25, 0.3) is 5.91 Å². The largest absolute Gasteiger partial charge is 0.381 e. The molecule has 1 aromatic carbocycles. The Morgan fingerprint density at radius 1 is 1.45 bits per heavy atom. The summed E-state index contributed by atoms with van der Waals surface area (Å²) >= 11 is 0. The Bertz CT molecular complexity index is 501. The fraction of sp³-hybridized carbons (Fsp3) is 0.429. The Kier molecular flexibility index (Phi) is 4.79. The van der Waals surface area contributed by atoms with Crippen molar-refractivity contribution in [2.75, 3.05) is 25.6 Å². The lowest BCUT2D eigenvalue weighted by Crippen LogP contribution is -2.41. The lowest BCUT2D eigenvalue weighted by molar-refractivity contribution is -0.105. The van der Waals surface area contributed by atoms with Crippen LogP contribution in [-0.4, -0.2) is 51.4 Å². The Hall–Kier alpha value is -1.82.